The minimum atomic E-state index is -4.82. The molecule has 3 N–H and O–H groups in total. The molecule has 3 rings (SSSR count). The van der Waals surface area contributed by atoms with Crippen molar-refractivity contribution in [2.75, 3.05) is 5.32 Å². The Morgan fingerprint density at radius 3 is 2.36 bits per heavy atom. The van der Waals surface area contributed by atoms with E-state index >= 15 is 0 Å². The number of phenolic OH excluding ortho intramolecular Hbond substituents is 1. The van der Waals surface area contributed by atoms with Crippen LogP contribution in [0, 0.1) is 17.0 Å². The number of benzene rings is 3. The van der Waals surface area contributed by atoms with Crippen molar-refractivity contribution in [2.24, 2.45) is 0 Å². The van der Waals surface area contributed by atoms with Gasteiger partial charge in [-0.3, -0.25) is 19.5 Å². The summed E-state index contributed by atoms with van der Waals surface area (Å²) in [6.07, 6.45) is 0. The monoisotopic (exact) mass is 402 g/mol. The van der Waals surface area contributed by atoms with Gasteiger partial charge in [-0.1, -0.05) is 30.3 Å². The van der Waals surface area contributed by atoms with Crippen LogP contribution in [0.15, 0.2) is 53.4 Å². The second-order valence-corrected chi connectivity index (χ2v) is 7.41. The zero-order valence-corrected chi connectivity index (χ0v) is 15.2. The average Bonchev–Trinajstić information content (AvgIpc) is 2.62. The van der Waals surface area contributed by atoms with Crippen LogP contribution in [0.1, 0.15) is 15.9 Å². The Bertz CT molecular complexity index is 1240. The zero-order chi connectivity index (χ0) is 20.6. The topological polar surface area (TPSA) is 147 Å². The van der Waals surface area contributed by atoms with E-state index in [1.54, 1.807) is 19.1 Å². The SMILES string of the molecule is Cc1ccc(C(=O)Nc2c(S(=O)(=O)O)cc(O)c3ccccc23)c([N+](=O)[O-])c1. The van der Waals surface area contributed by atoms with E-state index in [1.807, 2.05) is 0 Å². The highest BCUT2D eigenvalue weighted by Gasteiger charge is 2.25. The van der Waals surface area contributed by atoms with E-state index in [-0.39, 0.29) is 22.0 Å². The van der Waals surface area contributed by atoms with Crippen LogP contribution in [0.25, 0.3) is 10.8 Å². The number of anilines is 1. The van der Waals surface area contributed by atoms with Crippen molar-refractivity contribution in [3.05, 3.63) is 69.8 Å². The van der Waals surface area contributed by atoms with Crippen LogP contribution >= 0.6 is 0 Å². The fraction of sp³-hybridized carbons (Fsp3) is 0.0556. The molecule has 0 aliphatic carbocycles. The number of aromatic hydroxyl groups is 1. The van der Waals surface area contributed by atoms with E-state index in [4.69, 9.17) is 0 Å². The molecule has 9 nitrogen and oxygen atoms in total. The zero-order valence-electron chi connectivity index (χ0n) is 14.4. The summed E-state index contributed by atoms with van der Waals surface area (Å²) < 4.78 is 33.1. The molecule has 0 heterocycles. The number of rotatable bonds is 4. The molecule has 144 valence electrons. The minimum Gasteiger partial charge on any atom is -0.507 e. The second kappa shape index (κ2) is 6.91. The maximum atomic E-state index is 12.7. The molecule has 0 aliphatic heterocycles. The Morgan fingerprint density at radius 1 is 1.11 bits per heavy atom. The molecule has 10 heteroatoms. The summed E-state index contributed by atoms with van der Waals surface area (Å²) in [4.78, 5) is 22.5. The summed E-state index contributed by atoms with van der Waals surface area (Å²) in [5.41, 5.74) is -0.462. The third kappa shape index (κ3) is 3.50. The van der Waals surface area contributed by atoms with Gasteiger partial charge in [0.05, 0.1) is 10.6 Å². The lowest BCUT2D eigenvalue weighted by molar-refractivity contribution is -0.385. The molecule has 0 spiro atoms. The van der Waals surface area contributed by atoms with E-state index in [1.165, 1.54) is 30.3 Å². The van der Waals surface area contributed by atoms with Crippen molar-refractivity contribution in [1.29, 1.82) is 0 Å². The summed E-state index contributed by atoms with van der Waals surface area (Å²) in [5.74, 6) is -1.35. The lowest BCUT2D eigenvalue weighted by Gasteiger charge is -2.14. The van der Waals surface area contributed by atoms with Gasteiger partial charge < -0.3 is 10.4 Å². The number of carbonyl (C=O) groups excluding carboxylic acids is 1. The highest BCUT2D eigenvalue weighted by atomic mass is 32.2. The molecule has 28 heavy (non-hydrogen) atoms. The first-order valence-corrected chi connectivity index (χ1v) is 9.32. The molecule has 0 bridgehead atoms. The van der Waals surface area contributed by atoms with Gasteiger partial charge in [0.25, 0.3) is 21.7 Å². The average molecular weight is 402 g/mol. The predicted octanol–water partition coefficient (Wildman–Crippen LogP) is 3.26. The molecule has 0 saturated heterocycles. The van der Waals surface area contributed by atoms with Crippen LogP contribution < -0.4 is 5.32 Å². The molecule has 0 radical (unpaired) electrons. The maximum Gasteiger partial charge on any atom is 0.296 e. The van der Waals surface area contributed by atoms with Gasteiger partial charge in [-0.15, -0.1) is 0 Å². The van der Waals surface area contributed by atoms with Gasteiger partial charge in [0.15, 0.2) is 0 Å². The number of amides is 1. The Labute approximate surface area is 159 Å². The second-order valence-electron chi connectivity index (χ2n) is 6.02. The largest absolute Gasteiger partial charge is 0.507 e. The van der Waals surface area contributed by atoms with Crippen LogP contribution in [-0.2, 0) is 10.1 Å². The van der Waals surface area contributed by atoms with E-state index in [0.717, 1.165) is 6.07 Å². The first-order chi connectivity index (χ1) is 13.1. The lowest BCUT2D eigenvalue weighted by Crippen LogP contribution is -2.16. The van der Waals surface area contributed by atoms with Gasteiger partial charge in [0.1, 0.15) is 16.2 Å². The summed E-state index contributed by atoms with van der Waals surface area (Å²) >= 11 is 0. The van der Waals surface area contributed by atoms with E-state index in [2.05, 4.69) is 5.32 Å². The van der Waals surface area contributed by atoms with E-state index < -0.39 is 37.3 Å². The molecule has 3 aromatic carbocycles. The van der Waals surface area contributed by atoms with Gasteiger partial charge in [0.2, 0.25) is 0 Å². The normalized spacial score (nSPS) is 11.4. The molecule has 0 saturated carbocycles. The van der Waals surface area contributed by atoms with Crippen LogP contribution in [0.5, 0.6) is 5.75 Å². The van der Waals surface area contributed by atoms with Crippen molar-refractivity contribution in [2.45, 2.75) is 11.8 Å². The fourth-order valence-corrected chi connectivity index (χ4v) is 3.51. The molecule has 1 amide bonds. The van der Waals surface area contributed by atoms with Crippen molar-refractivity contribution in [3.63, 3.8) is 0 Å². The van der Waals surface area contributed by atoms with Crippen LogP contribution in [0.4, 0.5) is 11.4 Å². The van der Waals surface area contributed by atoms with Gasteiger partial charge >= 0.3 is 0 Å². The Hall–Kier alpha value is -3.50. The molecule has 0 unspecified atom stereocenters. The number of hydrogen-bond acceptors (Lipinski definition) is 6. The van der Waals surface area contributed by atoms with E-state index in [0.29, 0.717) is 5.56 Å². The Balaban J connectivity index is 2.22. The number of fused-ring (bicyclic) bond motifs is 1. The number of nitrogens with one attached hydrogen (secondary N) is 1. The van der Waals surface area contributed by atoms with Crippen LogP contribution in [0.2, 0.25) is 0 Å². The molecular formula is C18H14N2O7S. The summed E-state index contributed by atoms with van der Waals surface area (Å²) in [6, 6.07) is 10.8. The number of phenols is 1. The van der Waals surface area contributed by atoms with Gasteiger partial charge in [-0.25, -0.2) is 0 Å². The van der Waals surface area contributed by atoms with Crippen LogP contribution in [0.3, 0.4) is 0 Å². The highest BCUT2D eigenvalue weighted by molar-refractivity contribution is 7.86. The number of hydrogen-bond donors (Lipinski definition) is 3. The number of nitrogens with zero attached hydrogens (tertiary/aromatic N) is 1. The molecule has 3 aromatic rings. The van der Waals surface area contributed by atoms with Crippen molar-refractivity contribution in [3.8, 4) is 5.75 Å². The van der Waals surface area contributed by atoms with E-state index in [9.17, 15) is 33.0 Å². The minimum absolute atomic E-state index is 0.137. The number of carbonyl (C=O) groups is 1. The Kier molecular flexibility index (Phi) is 4.75. The third-order valence-corrected chi connectivity index (χ3v) is 4.98. The first kappa shape index (κ1) is 19.3. The molecular weight excluding hydrogens is 388 g/mol. The number of nitro groups is 1. The molecule has 0 aliphatic rings. The molecule has 0 fully saturated rings. The van der Waals surface area contributed by atoms with Gasteiger partial charge in [-0.2, -0.15) is 8.42 Å². The molecule has 0 aromatic heterocycles. The summed E-state index contributed by atoms with van der Waals surface area (Å²) in [5, 5.41) is 24.0. The summed E-state index contributed by atoms with van der Waals surface area (Å²) in [7, 11) is -4.82. The highest BCUT2D eigenvalue weighted by Crippen LogP contribution is 2.37. The Morgan fingerprint density at radius 2 is 1.75 bits per heavy atom. The quantitative estimate of drug-likeness (QED) is 0.263. The van der Waals surface area contributed by atoms with Gasteiger partial charge in [-0.05, 0) is 18.6 Å². The smallest absolute Gasteiger partial charge is 0.296 e. The standard InChI is InChI=1S/C18H14N2O7S/c1-10-6-7-13(14(8-10)20(23)24)18(22)19-17-12-5-3-2-4-11(12)15(21)9-16(17)28(25,26)27/h2-9,21H,1H3,(H,19,22)(H,25,26,27). The summed E-state index contributed by atoms with van der Waals surface area (Å²) in [6.45, 7) is 1.62. The van der Waals surface area contributed by atoms with Crippen molar-refractivity contribution >= 4 is 38.2 Å². The third-order valence-electron chi connectivity index (χ3n) is 4.10. The lowest BCUT2D eigenvalue weighted by atomic mass is 10.1. The van der Waals surface area contributed by atoms with Crippen LogP contribution in [-0.4, -0.2) is 28.9 Å². The van der Waals surface area contributed by atoms with Gasteiger partial charge in [0, 0.05) is 22.9 Å². The maximum absolute atomic E-state index is 12.7. The number of nitro benzene ring substituents is 1. The van der Waals surface area contributed by atoms with Crippen molar-refractivity contribution in [1.82, 2.24) is 0 Å². The molecule has 0 atom stereocenters. The van der Waals surface area contributed by atoms with Crippen molar-refractivity contribution < 1.29 is 27.8 Å². The predicted molar refractivity (Wildman–Crippen MR) is 101 cm³/mol. The number of aryl methyl sites for hydroxylation is 1. The first-order valence-electron chi connectivity index (χ1n) is 7.88. The fourth-order valence-electron chi connectivity index (χ4n) is 2.83.